The highest BCUT2D eigenvalue weighted by atomic mass is 16.5. The van der Waals surface area contributed by atoms with E-state index in [1.165, 1.54) is 12.1 Å². The van der Waals surface area contributed by atoms with Crippen molar-refractivity contribution in [1.82, 2.24) is 0 Å². The molecule has 1 aliphatic heterocycles. The van der Waals surface area contributed by atoms with Crippen LogP contribution in [0, 0.1) is 0 Å². The second-order valence-electron chi connectivity index (χ2n) is 4.54. The first-order valence-corrected chi connectivity index (χ1v) is 6.35. The first-order valence-electron chi connectivity index (χ1n) is 6.35. The Kier molecular flexibility index (Phi) is 4.00. The maximum Gasteiger partial charge on any atom is 0.331 e. The number of esters is 1. The molecule has 0 atom stereocenters. The molecule has 0 unspecified atom stereocenters. The molecular formula is C15H16O4. The maximum absolute atomic E-state index is 12.0. The summed E-state index contributed by atoms with van der Waals surface area (Å²) in [6.45, 7) is 2.22. The van der Waals surface area contributed by atoms with Crippen molar-refractivity contribution in [3.05, 3.63) is 35.4 Å². The highest BCUT2D eigenvalue weighted by Crippen LogP contribution is 2.26. The molecule has 2 rings (SSSR count). The van der Waals surface area contributed by atoms with Crippen LogP contribution in [0.1, 0.15) is 42.1 Å². The van der Waals surface area contributed by atoms with Gasteiger partial charge in [-0.15, -0.1) is 0 Å². The molecule has 0 bridgehead atoms. The van der Waals surface area contributed by atoms with E-state index in [1.54, 1.807) is 12.1 Å². The van der Waals surface area contributed by atoms with Crippen LogP contribution in [0.4, 0.5) is 0 Å². The molecule has 0 saturated carbocycles. The zero-order chi connectivity index (χ0) is 13.8. The van der Waals surface area contributed by atoms with Crippen molar-refractivity contribution in [3.8, 4) is 5.75 Å². The van der Waals surface area contributed by atoms with Crippen molar-refractivity contribution < 1.29 is 19.4 Å². The molecule has 1 heterocycles. The molecule has 1 aromatic carbocycles. The lowest BCUT2D eigenvalue weighted by Crippen LogP contribution is -2.01. The molecule has 1 N–H and O–H groups in total. The summed E-state index contributed by atoms with van der Waals surface area (Å²) in [5, 5.41) is 9.76. The molecule has 0 fully saturated rings. The fourth-order valence-electron chi connectivity index (χ4n) is 1.97. The predicted octanol–water partition coefficient (Wildman–Crippen LogP) is 2.71. The predicted molar refractivity (Wildman–Crippen MR) is 70.9 cm³/mol. The van der Waals surface area contributed by atoms with Crippen LogP contribution in [0.5, 0.6) is 5.75 Å². The third kappa shape index (κ3) is 3.02. The molecular weight excluding hydrogens is 244 g/mol. The van der Waals surface area contributed by atoms with Crippen LogP contribution in [0.3, 0.4) is 0 Å². The largest absolute Gasteiger partial charge is 0.507 e. The van der Waals surface area contributed by atoms with Crippen molar-refractivity contribution in [2.45, 2.75) is 26.2 Å². The molecule has 0 aliphatic carbocycles. The topological polar surface area (TPSA) is 63.6 Å². The second kappa shape index (κ2) is 5.69. The smallest absolute Gasteiger partial charge is 0.331 e. The molecule has 19 heavy (non-hydrogen) atoms. The van der Waals surface area contributed by atoms with E-state index < -0.39 is 0 Å². The molecule has 4 heteroatoms. The van der Waals surface area contributed by atoms with Crippen LogP contribution in [-0.4, -0.2) is 23.5 Å². The Balaban J connectivity index is 2.27. The SMILES string of the molecule is CCCCC(=O)c1cc(C2=CC(=O)OC2)ccc1O. The number of hydrogen-bond donors (Lipinski definition) is 1. The number of rotatable bonds is 5. The lowest BCUT2D eigenvalue weighted by molar-refractivity contribution is -0.134. The molecule has 0 saturated heterocycles. The lowest BCUT2D eigenvalue weighted by Gasteiger charge is -2.07. The number of phenolic OH excluding ortho intramolecular Hbond substituents is 1. The fourth-order valence-corrected chi connectivity index (χ4v) is 1.97. The number of phenols is 1. The summed E-state index contributed by atoms with van der Waals surface area (Å²) in [5.41, 5.74) is 1.78. The van der Waals surface area contributed by atoms with Gasteiger partial charge in [-0.3, -0.25) is 4.79 Å². The monoisotopic (exact) mass is 260 g/mol. The van der Waals surface area contributed by atoms with Gasteiger partial charge in [0.25, 0.3) is 0 Å². The normalized spacial score (nSPS) is 14.2. The first-order chi connectivity index (χ1) is 9.11. The molecule has 1 aliphatic rings. The number of aromatic hydroxyl groups is 1. The number of benzene rings is 1. The van der Waals surface area contributed by atoms with Crippen LogP contribution in [0.2, 0.25) is 0 Å². The van der Waals surface area contributed by atoms with Gasteiger partial charge in [0.2, 0.25) is 0 Å². The third-order valence-corrected chi connectivity index (χ3v) is 3.09. The lowest BCUT2D eigenvalue weighted by atomic mass is 9.99. The van der Waals surface area contributed by atoms with E-state index in [4.69, 9.17) is 4.74 Å². The van der Waals surface area contributed by atoms with Crippen molar-refractivity contribution in [2.75, 3.05) is 6.61 Å². The van der Waals surface area contributed by atoms with E-state index >= 15 is 0 Å². The Hall–Kier alpha value is -2.10. The van der Waals surface area contributed by atoms with E-state index in [9.17, 15) is 14.7 Å². The summed E-state index contributed by atoms with van der Waals surface area (Å²) in [4.78, 5) is 23.0. The molecule has 0 spiro atoms. The highest BCUT2D eigenvalue weighted by Gasteiger charge is 2.17. The van der Waals surface area contributed by atoms with Crippen molar-refractivity contribution in [3.63, 3.8) is 0 Å². The van der Waals surface area contributed by atoms with E-state index in [-0.39, 0.29) is 24.1 Å². The molecule has 0 amide bonds. The van der Waals surface area contributed by atoms with E-state index in [0.717, 1.165) is 24.0 Å². The molecule has 4 nitrogen and oxygen atoms in total. The minimum Gasteiger partial charge on any atom is -0.507 e. The number of carbonyl (C=O) groups is 2. The van der Waals surface area contributed by atoms with Crippen LogP contribution in [0.25, 0.3) is 5.57 Å². The van der Waals surface area contributed by atoms with E-state index in [1.807, 2.05) is 6.92 Å². The van der Waals surface area contributed by atoms with E-state index in [2.05, 4.69) is 0 Å². The Morgan fingerprint density at radius 2 is 2.21 bits per heavy atom. The van der Waals surface area contributed by atoms with Gasteiger partial charge < -0.3 is 9.84 Å². The minimum absolute atomic E-state index is 0.0179. The highest BCUT2D eigenvalue weighted by molar-refractivity contribution is 6.01. The Labute approximate surface area is 111 Å². The molecule has 100 valence electrons. The number of carbonyl (C=O) groups excluding carboxylic acids is 2. The van der Waals surface area contributed by atoms with Crippen LogP contribution in [-0.2, 0) is 9.53 Å². The van der Waals surface area contributed by atoms with Gasteiger partial charge in [-0.1, -0.05) is 19.4 Å². The second-order valence-corrected chi connectivity index (χ2v) is 4.54. The molecule has 0 radical (unpaired) electrons. The minimum atomic E-state index is -0.373. The summed E-state index contributed by atoms with van der Waals surface area (Å²) in [7, 11) is 0. The van der Waals surface area contributed by atoms with Crippen LogP contribution < -0.4 is 0 Å². The van der Waals surface area contributed by atoms with Gasteiger partial charge in [0, 0.05) is 18.1 Å². The number of unbranched alkanes of at least 4 members (excludes halogenated alkanes) is 1. The Morgan fingerprint density at radius 3 is 2.84 bits per heavy atom. The van der Waals surface area contributed by atoms with Gasteiger partial charge in [-0.2, -0.15) is 0 Å². The maximum atomic E-state index is 12.0. The number of cyclic esters (lactones) is 1. The summed E-state index contributed by atoms with van der Waals surface area (Å²) in [5.74, 6) is -0.468. The summed E-state index contributed by atoms with van der Waals surface area (Å²) in [6, 6.07) is 4.79. The Morgan fingerprint density at radius 1 is 1.42 bits per heavy atom. The van der Waals surface area contributed by atoms with Gasteiger partial charge in [0.05, 0.1) is 5.56 Å². The van der Waals surface area contributed by atoms with Crippen molar-refractivity contribution >= 4 is 17.3 Å². The average molecular weight is 260 g/mol. The van der Waals surface area contributed by atoms with Gasteiger partial charge >= 0.3 is 5.97 Å². The number of ketones is 1. The quantitative estimate of drug-likeness (QED) is 0.653. The van der Waals surface area contributed by atoms with Gasteiger partial charge in [0.15, 0.2) is 5.78 Å². The van der Waals surface area contributed by atoms with Gasteiger partial charge in [0.1, 0.15) is 12.4 Å². The summed E-state index contributed by atoms with van der Waals surface area (Å²) in [6.07, 6.45) is 3.56. The third-order valence-electron chi connectivity index (χ3n) is 3.09. The zero-order valence-corrected chi connectivity index (χ0v) is 10.8. The number of ether oxygens (including phenoxy) is 1. The van der Waals surface area contributed by atoms with Gasteiger partial charge in [-0.25, -0.2) is 4.79 Å². The molecule has 1 aromatic rings. The van der Waals surface area contributed by atoms with E-state index in [0.29, 0.717) is 12.0 Å². The standard InChI is InChI=1S/C15H16O4/c1-2-3-4-13(16)12-7-10(5-6-14(12)17)11-8-15(18)19-9-11/h5-8,17H,2-4,9H2,1H3. The summed E-state index contributed by atoms with van der Waals surface area (Å²) >= 11 is 0. The fraction of sp³-hybridized carbons (Fsp3) is 0.333. The summed E-state index contributed by atoms with van der Waals surface area (Å²) < 4.78 is 4.84. The average Bonchev–Trinajstić information content (AvgIpc) is 2.83. The number of hydrogen-bond acceptors (Lipinski definition) is 4. The Bertz CT molecular complexity index is 543. The number of Topliss-reactive ketones (excluding diaryl/α,β-unsaturated/α-hetero) is 1. The van der Waals surface area contributed by atoms with Crippen molar-refractivity contribution in [1.29, 1.82) is 0 Å². The molecule has 0 aromatic heterocycles. The van der Waals surface area contributed by atoms with Gasteiger partial charge in [-0.05, 0) is 24.1 Å². The van der Waals surface area contributed by atoms with Crippen LogP contribution >= 0.6 is 0 Å². The van der Waals surface area contributed by atoms with Crippen LogP contribution in [0.15, 0.2) is 24.3 Å². The van der Waals surface area contributed by atoms with Crippen molar-refractivity contribution in [2.24, 2.45) is 0 Å². The zero-order valence-electron chi connectivity index (χ0n) is 10.8. The first kappa shape index (κ1) is 13.3.